The molecule has 5 rings (SSSR count). The van der Waals surface area contributed by atoms with Crippen LogP contribution < -0.4 is 0 Å². The van der Waals surface area contributed by atoms with Gasteiger partial charge in [0.1, 0.15) is 0 Å². The van der Waals surface area contributed by atoms with Gasteiger partial charge >= 0.3 is 0 Å². The Kier molecular flexibility index (Phi) is 5.20. The average Bonchev–Trinajstić information content (AvgIpc) is 3.31. The smallest absolute Gasteiger partial charge is 0.230 e. The summed E-state index contributed by atoms with van der Waals surface area (Å²) in [6.45, 7) is 1.34. The van der Waals surface area contributed by atoms with Gasteiger partial charge in [-0.1, -0.05) is 36.8 Å². The van der Waals surface area contributed by atoms with Crippen LogP contribution in [-0.4, -0.2) is 48.8 Å². The van der Waals surface area contributed by atoms with Gasteiger partial charge in [0.15, 0.2) is 0 Å². The Bertz CT molecular complexity index is 979. The molecule has 0 N–H and O–H groups in total. The standard InChI is InChI=1S/C26H32N2O2S/c1-27(2)24(30)26(16-19-8-3-4-9-20(19)22-10-5-15-31-22)13-7-14-28(18-26)23(29)21-17-25(21)11-6-12-25/h3-5,8-10,15,21H,6-7,11-14,16-18H2,1-2H3/t21-,26+/m1/s1. The van der Waals surface area contributed by atoms with Gasteiger partial charge in [0, 0.05) is 38.0 Å². The second-order valence-electron chi connectivity index (χ2n) is 10.1. The van der Waals surface area contributed by atoms with Crippen LogP contribution in [-0.2, 0) is 16.0 Å². The number of carbonyl (C=O) groups is 2. The van der Waals surface area contributed by atoms with Crippen molar-refractivity contribution in [3.63, 3.8) is 0 Å². The molecule has 1 aliphatic heterocycles. The Labute approximate surface area is 189 Å². The minimum atomic E-state index is -0.549. The molecule has 164 valence electrons. The van der Waals surface area contributed by atoms with Crippen molar-refractivity contribution in [1.82, 2.24) is 9.80 Å². The van der Waals surface area contributed by atoms with Crippen molar-refractivity contribution in [3.05, 3.63) is 47.3 Å². The summed E-state index contributed by atoms with van der Waals surface area (Å²) in [4.78, 5) is 31.9. The highest BCUT2D eigenvalue weighted by Gasteiger charge is 2.62. The molecule has 1 aromatic carbocycles. The summed E-state index contributed by atoms with van der Waals surface area (Å²) >= 11 is 1.73. The summed E-state index contributed by atoms with van der Waals surface area (Å²) in [7, 11) is 3.69. The number of amides is 2. The summed E-state index contributed by atoms with van der Waals surface area (Å²) in [5.41, 5.74) is 2.19. The molecule has 4 nitrogen and oxygen atoms in total. The van der Waals surface area contributed by atoms with Gasteiger partial charge in [-0.15, -0.1) is 11.3 Å². The SMILES string of the molecule is CN(C)C(=O)[C@]1(Cc2ccccc2-c2cccs2)CCCN(C(=O)[C@H]2CC23CCC3)C1. The minimum Gasteiger partial charge on any atom is -0.348 e. The molecule has 2 aliphatic carbocycles. The molecule has 31 heavy (non-hydrogen) atoms. The molecule has 1 aromatic heterocycles. The molecule has 2 amide bonds. The number of piperidine rings is 1. The van der Waals surface area contributed by atoms with Crippen molar-refractivity contribution in [3.8, 4) is 10.4 Å². The maximum atomic E-state index is 13.6. The van der Waals surface area contributed by atoms with Crippen molar-refractivity contribution in [2.45, 2.75) is 44.9 Å². The van der Waals surface area contributed by atoms with Crippen LogP contribution >= 0.6 is 11.3 Å². The van der Waals surface area contributed by atoms with E-state index in [-0.39, 0.29) is 11.8 Å². The first-order valence-corrected chi connectivity index (χ1v) is 12.4. The Balaban J connectivity index is 1.44. The third kappa shape index (κ3) is 3.61. The lowest BCUT2D eigenvalue weighted by molar-refractivity contribution is -0.148. The quantitative estimate of drug-likeness (QED) is 0.673. The third-order valence-electron chi connectivity index (χ3n) is 7.92. The van der Waals surface area contributed by atoms with Crippen LogP contribution in [0.3, 0.4) is 0 Å². The Morgan fingerprint density at radius 1 is 1.10 bits per heavy atom. The average molecular weight is 437 g/mol. The van der Waals surface area contributed by atoms with E-state index in [1.165, 1.54) is 35.3 Å². The molecule has 2 saturated carbocycles. The molecular formula is C26H32N2O2S. The number of likely N-dealkylation sites (tertiary alicyclic amines) is 1. The lowest BCUT2D eigenvalue weighted by Gasteiger charge is -2.44. The van der Waals surface area contributed by atoms with Gasteiger partial charge in [-0.2, -0.15) is 0 Å². The molecule has 2 heterocycles. The highest BCUT2D eigenvalue weighted by molar-refractivity contribution is 7.13. The molecule has 2 atom stereocenters. The summed E-state index contributed by atoms with van der Waals surface area (Å²) in [6, 6.07) is 12.7. The fourth-order valence-electron chi connectivity index (χ4n) is 6.00. The number of rotatable bonds is 5. The molecule has 0 radical (unpaired) electrons. The van der Waals surface area contributed by atoms with Crippen LogP contribution in [0.2, 0.25) is 0 Å². The number of hydrogen-bond donors (Lipinski definition) is 0. The molecule has 3 fully saturated rings. The summed E-state index contributed by atoms with van der Waals surface area (Å²) in [5.74, 6) is 0.673. The van der Waals surface area contributed by atoms with E-state index in [9.17, 15) is 9.59 Å². The monoisotopic (exact) mass is 436 g/mol. The van der Waals surface area contributed by atoms with E-state index in [4.69, 9.17) is 0 Å². The molecule has 5 heteroatoms. The predicted octanol–water partition coefficient (Wildman–Crippen LogP) is 4.84. The molecule has 3 aliphatic rings. The van der Waals surface area contributed by atoms with E-state index in [1.54, 1.807) is 16.2 Å². The van der Waals surface area contributed by atoms with Crippen molar-refractivity contribution < 1.29 is 9.59 Å². The Hall–Kier alpha value is -2.14. The van der Waals surface area contributed by atoms with Gasteiger partial charge in [0.2, 0.25) is 11.8 Å². The normalized spacial score (nSPS) is 26.4. The summed E-state index contributed by atoms with van der Waals surface area (Å²) < 4.78 is 0. The summed E-state index contributed by atoms with van der Waals surface area (Å²) in [5, 5.41) is 2.10. The van der Waals surface area contributed by atoms with Gasteiger partial charge in [-0.25, -0.2) is 0 Å². The van der Waals surface area contributed by atoms with E-state index in [2.05, 4.69) is 41.8 Å². The van der Waals surface area contributed by atoms with Crippen LogP contribution in [0, 0.1) is 16.7 Å². The van der Waals surface area contributed by atoms with Crippen LogP contribution in [0.5, 0.6) is 0 Å². The predicted molar refractivity (Wildman–Crippen MR) is 125 cm³/mol. The molecule has 0 unspecified atom stereocenters. The zero-order valence-corrected chi connectivity index (χ0v) is 19.4. The summed E-state index contributed by atoms with van der Waals surface area (Å²) in [6.07, 6.45) is 7.18. The molecule has 1 saturated heterocycles. The molecule has 0 bridgehead atoms. The van der Waals surface area contributed by atoms with Gasteiger partial charge < -0.3 is 9.80 Å². The number of carbonyl (C=O) groups excluding carboxylic acids is 2. The molecule has 1 spiro atoms. The van der Waals surface area contributed by atoms with E-state index < -0.39 is 5.41 Å². The lowest BCUT2D eigenvalue weighted by atomic mass is 9.73. The van der Waals surface area contributed by atoms with E-state index in [1.807, 2.05) is 19.0 Å². The van der Waals surface area contributed by atoms with Crippen LogP contribution in [0.25, 0.3) is 10.4 Å². The van der Waals surface area contributed by atoms with Crippen LogP contribution in [0.1, 0.15) is 44.1 Å². The first-order valence-electron chi connectivity index (χ1n) is 11.6. The van der Waals surface area contributed by atoms with Gasteiger partial charge in [-0.3, -0.25) is 9.59 Å². The van der Waals surface area contributed by atoms with E-state index >= 15 is 0 Å². The Morgan fingerprint density at radius 3 is 2.55 bits per heavy atom. The topological polar surface area (TPSA) is 40.6 Å². The number of hydrogen-bond acceptors (Lipinski definition) is 3. The zero-order chi connectivity index (χ0) is 21.6. The fraction of sp³-hybridized carbons (Fsp3) is 0.538. The first kappa shape index (κ1) is 20.7. The second-order valence-corrected chi connectivity index (χ2v) is 11.1. The van der Waals surface area contributed by atoms with Gasteiger partial charge in [-0.05, 0) is 66.5 Å². The first-order chi connectivity index (χ1) is 14.9. The maximum absolute atomic E-state index is 13.6. The van der Waals surface area contributed by atoms with Gasteiger partial charge in [0.25, 0.3) is 0 Å². The third-order valence-corrected chi connectivity index (χ3v) is 8.82. The highest BCUT2D eigenvalue weighted by atomic mass is 32.1. The number of nitrogens with zero attached hydrogens (tertiary/aromatic N) is 2. The van der Waals surface area contributed by atoms with Crippen LogP contribution in [0.4, 0.5) is 0 Å². The lowest BCUT2D eigenvalue weighted by Crippen LogP contribution is -2.54. The van der Waals surface area contributed by atoms with E-state index in [0.717, 1.165) is 25.8 Å². The second kappa shape index (κ2) is 7.77. The van der Waals surface area contributed by atoms with Crippen molar-refractivity contribution >= 4 is 23.2 Å². The minimum absolute atomic E-state index is 0.153. The van der Waals surface area contributed by atoms with Crippen molar-refractivity contribution in [1.29, 1.82) is 0 Å². The molecule has 2 aromatic rings. The van der Waals surface area contributed by atoms with Crippen molar-refractivity contribution in [2.75, 3.05) is 27.2 Å². The fourth-order valence-corrected chi connectivity index (χ4v) is 6.79. The maximum Gasteiger partial charge on any atom is 0.230 e. The zero-order valence-electron chi connectivity index (χ0n) is 18.6. The largest absolute Gasteiger partial charge is 0.348 e. The number of thiophene rings is 1. The molecular weight excluding hydrogens is 404 g/mol. The van der Waals surface area contributed by atoms with Crippen molar-refractivity contribution in [2.24, 2.45) is 16.7 Å². The van der Waals surface area contributed by atoms with E-state index in [0.29, 0.717) is 24.3 Å². The van der Waals surface area contributed by atoms with Crippen LogP contribution in [0.15, 0.2) is 41.8 Å². The Morgan fingerprint density at radius 2 is 1.90 bits per heavy atom. The number of benzene rings is 1. The highest BCUT2D eigenvalue weighted by Crippen LogP contribution is 2.66. The van der Waals surface area contributed by atoms with Gasteiger partial charge in [0.05, 0.1) is 5.41 Å².